The van der Waals surface area contributed by atoms with Crippen LogP contribution in [-0.2, 0) is 0 Å². The maximum atomic E-state index is 11.3. The minimum Gasteiger partial charge on any atom is -0.478 e. The summed E-state index contributed by atoms with van der Waals surface area (Å²) in [6.45, 7) is 0. The van der Waals surface area contributed by atoms with Crippen LogP contribution in [0.25, 0.3) is 11.1 Å². The Morgan fingerprint density at radius 3 is 2.41 bits per heavy atom. The molecule has 0 saturated carbocycles. The van der Waals surface area contributed by atoms with Gasteiger partial charge < -0.3 is 5.11 Å². The van der Waals surface area contributed by atoms with E-state index in [1.807, 2.05) is 30.3 Å². The summed E-state index contributed by atoms with van der Waals surface area (Å²) in [7, 11) is 0. The molecule has 0 bridgehead atoms. The molecule has 0 spiro atoms. The van der Waals surface area contributed by atoms with E-state index in [0.717, 1.165) is 10.0 Å². The zero-order chi connectivity index (χ0) is 12.4. The first-order valence-corrected chi connectivity index (χ1v) is 6.46. The van der Waals surface area contributed by atoms with Gasteiger partial charge in [0.2, 0.25) is 0 Å². The van der Waals surface area contributed by atoms with E-state index < -0.39 is 5.97 Å². The van der Waals surface area contributed by atoms with Crippen LogP contribution in [0.15, 0.2) is 51.4 Å². The Balaban J connectivity index is 2.67. The molecule has 86 valence electrons. The smallest absolute Gasteiger partial charge is 0.337 e. The lowest BCUT2D eigenvalue weighted by molar-refractivity contribution is 0.0697. The summed E-state index contributed by atoms with van der Waals surface area (Å²) in [5.41, 5.74) is 1.86. The van der Waals surface area contributed by atoms with Gasteiger partial charge in [0.1, 0.15) is 0 Å². The monoisotopic (exact) mass is 354 g/mol. The van der Waals surface area contributed by atoms with Crippen molar-refractivity contribution in [1.82, 2.24) is 0 Å². The van der Waals surface area contributed by atoms with E-state index in [1.54, 1.807) is 12.1 Å². The van der Waals surface area contributed by atoms with Gasteiger partial charge in [-0.15, -0.1) is 0 Å². The van der Waals surface area contributed by atoms with Gasteiger partial charge in [0.25, 0.3) is 0 Å². The lowest BCUT2D eigenvalue weighted by Crippen LogP contribution is -2.00. The summed E-state index contributed by atoms with van der Waals surface area (Å²) < 4.78 is 1.51. The van der Waals surface area contributed by atoms with Crippen LogP contribution in [0.4, 0.5) is 0 Å². The van der Waals surface area contributed by atoms with Gasteiger partial charge in [-0.1, -0.05) is 40.2 Å². The first kappa shape index (κ1) is 12.3. The molecule has 0 saturated heterocycles. The second-order valence-corrected chi connectivity index (χ2v) is 5.25. The third-order valence-corrected chi connectivity index (χ3v) is 3.52. The second-order valence-electron chi connectivity index (χ2n) is 3.48. The van der Waals surface area contributed by atoms with Crippen molar-refractivity contribution in [3.8, 4) is 11.1 Å². The minimum atomic E-state index is -0.938. The van der Waals surface area contributed by atoms with E-state index in [2.05, 4.69) is 31.9 Å². The van der Waals surface area contributed by atoms with Crippen LogP contribution < -0.4 is 0 Å². The average molecular weight is 356 g/mol. The van der Waals surface area contributed by atoms with E-state index in [1.165, 1.54) is 0 Å². The Morgan fingerprint density at radius 2 is 1.76 bits per heavy atom. The summed E-state index contributed by atoms with van der Waals surface area (Å²) >= 11 is 6.65. The summed E-state index contributed by atoms with van der Waals surface area (Å²) in [6, 6.07) is 12.9. The van der Waals surface area contributed by atoms with E-state index in [9.17, 15) is 9.90 Å². The highest BCUT2D eigenvalue weighted by atomic mass is 79.9. The van der Waals surface area contributed by atoms with Gasteiger partial charge in [-0.05, 0) is 45.3 Å². The summed E-state index contributed by atoms with van der Waals surface area (Å²) in [6.07, 6.45) is 0. The van der Waals surface area contributed by atoms with Crippen molar-refractivity contribution in [2.45, 2.75) is 0 Å². The zero-order valence-electron chi connectivity index (χ0n) is 8.65. The summed E-state index contributed by atoms with van der Waals surface area (Å²) in [5.74, 6) is -0.938. The van der Waals surface area contributed by atoms with Crippen LogP contribution in [0.1, 0.15) is 10.4 Å². The Bertz CT molecular complexity index is 579. The highest BCUT2D eigenvalue weighted by Crippen LogP contribution is 2.30. The van der Waals surface area contributed by atoms with Crippen molar-refractivity contribution in [3.05, 3.63) is 57.0 Å². The number of hydrogen-bond donors (Lipinski definition) is 1. The van der Waals surface area contributed by atoms with Crippen molar-refractivity contribution in [1.29, 1.82) is 0 Å². The number of carbonyl (C=O) groups is 1. The predicted octanol–water partition coefficient (Wildman–Crippen LogP) is 4.58. The Labute approximate surface area is 116 Å². The topological polar surface area (TPSA) is 37.3 Å². The molecule has 0 radical (unpaired) electrons. The molecular formula is C13H8Br2O2. The maximum Gasteiger partial charge on any atom is 0.337 e. The summed E-state index contributed by atoms with van der Waals surface area (Å²) in [4.78, 5) is 11.3. The molecule has 0 aliphatic rings. The first-order valence-electron chi connectivity index (χ1n) is 4.87. The lowest BCUT2D eigenvalue weighted by Gasteiger charge is -2.08. The molecule has 0 aliphatic heterocycles. The normalized spacial score (nSPS) is 10.2. The molecule has 2 aromatic rings. The van der Waals surface area contributed by atoms with Gasteiger partial charge in [-0.3, -0.25) is 0 Å². The second kappa shape index (κ2) is 5.02. The quantitative estimate of drug-likeness (QED) is 0.856. The minimum absolute atomic E-state index is 0.283. The fraction of sp³-hybridized carbons (Fsp3) is 0. The van der Waals surface area contributed by atoms with E-state index in [-0.39, 0.29) is 5.56 Å². The molecule has 0 unspecified atom stereocenters. The molecule has 1 N–H and O–H groups in total. The highest BCUT2D eigenvalue weighted by molar-refractivity contribution is 9.10. The van der Waals surface area contributed by atoms with Crippen LogP contribution in [0.5, 0.6) is 0 Å². The van der Waals surface area contributed by atoms with Crippen LogP contribution in [0.2, 0.25) is 0 Å². The molecule has 2 rings (SSSR count). The van der Waals surface area contributed by atoms with Crippen molar-refractivity contribution >= 4 is 37.8 Å². The molecule has 17 heavy (non-hydrogen) atoms. The maximum absolute atomic E-state index is 11.3. The number of halogens is 2. The number of carboxylic acid groups (broad SMARTS) is 1. The predicted molar refractivity (Wildman–Crippen MR) is 74.2 cm³/mol. The van der Waals surface area contributed by atoms with Crippen LogP contribution in [0.3, 0.4) is 0 Å². The number of rotatable bonds is 2. The molecule has 2 aromatic carbocycles. The third-order valence-electron chi connectivity index (χ3n) is 2.36. The third kappa shape index (κ3) is 2.58. The molecule has 0 fully saturated rings. The van der Waals surface area contributed by atoms with E-state index in [0.29, 0.717) is 10.0 Å². The van der Waals surface area contributed by atoms with Crippen LogP contribution >= 0.6 is 31.9 Å². The molecule has 4 heteroatoms. The average Bonchev–Trinajstić information content (AvgIpc) is 2.28. The standard InChI is InChI=1S/C13H8Br2O2/c14-9-4-1-3-8(7-9)10-5-2-6-11(15)12(10)13(16)17/h1-7H,(H,16,17). The molecule has 0 atom stereocenters. The Hall–Kier alpha value is -1.13. The molecular weight excluding hydrogens is 348 g/mol. The molecule has 2 nitrogen and oxygen atoms in total. The lowest BCUT2D eigenvalue weighted by atomic mass is 10.00. The van der Waals surface area contributed by atoms with Gasteiger partial charge in [0, 0.05) is 8.95 Å². The fourth-order valence-corrected chi connectivity index (χ4v) is 2.57. The van der Waals surface area contributed by atoms with Gasteiger partial charge in [0.15, 0.2) is 0 Å². The number of benzene rings is 2. The molecule has 0 amide bonds. The first-order chi connectivity index (χ1) is 8.09. The fourth-order valence-electron chi connectivity index (χ4n) is 1.64. The van der Waals surface area contributed by atoms with Crippen molar-refractivity contribution in [2.75, 3.05) is 0 Å². The SMILES string of the molecule is O=C(O)c1c(Br)cccc1-c1cccc(Br)c1. The van der Waals surface area contributed by atoms with Crippen molar-refractivity contribution in [2.24, 2.45) is 0 Å². The number of carboxylic acids is 1. The highest BCUT2D eigenvalue weighted by Gasteiger charge is 2.15. The van der Waals surface area contributed by atoms with Gasteiger partial charge in [0.05, 0.1) is 5.56 Å². The number of hydrogen-bond acceptors (Lipinski definition) is 1. The van der Waals surface area contributed by atoms with Crippen LogP contribution in [0, 0.1) is 0 Å². The number of aromatic carboxylic acids is 1. The van der Waals surface area contributed by atoms with Gasteiger partial charge >= 0.3 is 5.97 Å². The van der Waals surface area contributed by atoms with Crippen LogP contribution in [-0.4, -0.2) is 11.1 Å². The Kier molecular flexibility index (Phi) is 3.64. The molecule has 0 aliphatic carbocycles. The van der Waals surface area contributed by atoms with Gasteiger partial charge in [-0.2, -0.15) is 0 Å². The van der Waals surface area contributed by atoms with Crippen molar-refractivity contribution < 1.29 is 9.90 Å². The van der Waals surface area contributed by atoms with Gasteiger partial charge in [-0.25, -0.2) is 4.79 Å². The van der Waals surface area contributed by atoms with E-state index in [4.69, 9.17) is 0 Å². The van der Waals surface area contributed by atoms with Crippen molar-refractivity contribution in [3.63, 3.8) is 0 Å². The zero-order valence-corrected chi connectivity index (χ0v) is 11.8. The van der Waals surface area contributed by atoms with E-state index >= 15 is 0 Å². The largest absolute Gasteiger partial charge is 0.478 e. The molecule has 0 aromatic heterocycles. The molecule has 0 heterocycles. The Morgan fingerprint density at radius 1 is 1.06 bits per heavy atom. The summed E-state index contributed by atoms with van der Waals surface area (Å²) in [5, 5.41) is 9.24.